The molecule has 2 aromatic carbocycles. The number of nitrogens with zero attached hydrogens (tertiary/aromatic N) is 4. The van der Waals surface area contributed by atoms with Crippen LogP contribution in [0.1, 0.15) is 22.3 Å². The molecule has 6 rings (SSSR count). The molecular weight excluding hydrogens is 584 g/mol. The number of oxime groups is 2. The van der Waals surface area contributed by atoms with E-state index in [2.05, 4.69) is 10.3 Å². The van der Waals surface area contributed by atoms with Gasteiger partial charge in [0.05, 0.1) is 25.0 Å². The summed E-state index contributed by atoms with van der Waals surface area (Å²) in [6.45, 7) is 0.255. The topological polar surface area (TPSA) is 157 Å². The number of hydrogen-bond acceptors (Lipinski definition) is 11. The molecule has 0 fully saturated rings. The molecule has 0 spiro atoms. The predicted octanol–water partition coefficient (Wildman–Crippen LogP) is 4.32. The molecule has 4 aliphatic rings. The van der Waals surface area contributed by atoms with E-state index < -0.39 is 22.9 Å². The summed E-state index contributed by atoms with van der Waals surface area (Å²) in [5.41, 5.74) is 0.100. The van der Waals surface area contributed by atoms with E-state index in [0.29, 0.717) is 45.2 Å². The fourth-order valence-electron chi connectivity index (χ4n) is 6.33. The molecule has 4 atom stereocenters. The minimum absolute atomic E-state index is 0.0673. The summed E-state index contributed by atoms with van der Waals surface area (Å²) in [5, 5.41) is 33.5. The molecule has 2 aliphatic heterocycles. The molecule has 0 bridgehead atoms. The molecule has 2 aromatic rings. The summed E-state index contributed by atoms with van der Waals surface area (Å²) in [6, 6.07) is 10.1. The normalized spacial score (nSPS) is 27.6. The van der Waals surface area contributed by atoms with Crippen molar-refractivity contribution in [3.8, 4) is 11.5 Å². The van der Waals surface area contributed by atoms with Crippen LogP contribution in [0, 0.1) is 32.1 Å². The van der Waals surface area contributed by atoms with Gasteiger partial charge in [0, 0.05) is 32.1 Å². The minimum atomic E-state index is -1.66. The standard InChI is InChI=1S/C32H30N4O9/c1-41-33-27-19-44-29-15-21(9-11-25(27)29)31(35(37)38)13-5-3-7-23(31)17-43-18-24-8-4-6-14-32(24,36(39)40)22-10-12-26-28(34-42-2)20-45-30(26)16-22/h3-16,23-24H,17-20H2,1-2H3/b33-27+,34-28+. The Balaban J connectivity index is 1.26. The summed E-state index contributed by atoms with van der Waals surface area (Å²) in [7, 11) is 2.88. The Labute approximate surface area is 258 Å². The van der Waals surface area contributed by atoms with Crippen LogP contribution in [0.25, 0.3) is 0 Å². The zero-order valence-corrected chi connectivity index (χ0v) is 24.5. The fraction of sp³-hybridized carbons (Fsp3) is 0.312. The molecule has 4 unspecified atom stereocenters. The number of benzene rings is 2. The zero-order chi connectivity index (χ0) is 31.6. The van der Waals surface area contributed by atoms with Gasteiger partial charge in [-0.15, -0.1) is 0 Å². The monoisotopic (exact) mass is 614 g/mol. The van der Waals surface area contributed by atoms with Gasteiger partial charge in [0.1, 0.15) is 50.4 Å². The van der Waals surface area contributed by atoms with Crippen LogP contribution in [0.4, 0.5) is 0 Å². The van der Waals surface area contributed by atoms with Crippen molar-refractivity contribution in [2.45, 2.75) is 11.1 Å². The van der Waals surface area contributed by atoms with Crippen molar-refractivity contribution in [1.82, 2.24) is 0 Å². The van der Waals surface area contributed by atoms with Crippen LogP contribution in [-0.4, -0.2) is 61.9 Å². The largest absolute Gasteiger partial charge is 0.486 e. The Morgan fingerprint density at radius 2 is 1.20 bits per heavy atom. The Bertz CT molecular complexity index is 1590. The second kappa shape index (κ2) is 12.0. The number of ether oxygens (including phenoxy) is 3. The highest BCUT2D eigenvalue weighted by Gasteiger charge is 2.53. The van der Waals surface area contributed by atoms with Crippen molar-refractivity contribution in [3.63, 3.8) is 0 Å². The molecular formula is C32H30N4O9. The first kappa shape index (κ1) is 29.8. The van der Waals surface area contributed by atoms with Crippen LogP contribution >= 0.6 is 0 Å². The van der Waals surface area contributed by atoms with E-state index in [1.165, 1.54) is 26.4 Å². The first-order valence-corrected chi connectivity index (χ1v) is 14.2. The predicted molar refractivity (Wildman–Crippen MR) is 163 cm³/mol. The quantitative estimate of drug-likeness (QED) is 0.281. The lowest BCUT2D eigenvalue weighted by Crippen LogP contribution is -2.45. The van der Waals surface area contributed by atoms with E-state index in [9.17, 15) is 20.2 Å². The molecule has 0 saturated heterocycles. The highest BCUT2D eigenvalue weighted by Crippen LogP contribution is 2.43. The second-order valence-corrected chi connectivity index (χ2v) is 10.8. The molecule has 45 heavy (non-hydrogen) atoms. The van der Waals surface area contributed by atoms with Gasteiger partial charge in [-0.05, 0) is 36.4 Å². The molecule has 0 radical (unpaired) electrons. The maximum absolute atomic E-state index is 12.8. The van der Waals surface area contributed by atoms with Gasteiger partial charge in [-0.2, -0.15) is 0 Å². The number of hydrogen-bond donors (Lipinski definition) is 0. The number of nitro groups is 2. The highest BCUT2D eigenvalue weighted by atomic mass is 16.6. The summed E-state index contributed by atoms with van der Waals surface area (Å²) >= 11 is 0. The second-order valence-electron chi connectivity index (χ2n) is 10.8. The van der Waals surface area contributed by atoms with Gasteiger partial charge in [-0.25, -0.2) is 0 Å². The van der Waals surface area contributed by atoms with Crippen LogP contribution in [0.2, 0.25) is 0 Å². The molecule has 13 heteroatoms. The summed E-state index contributed by atoms with van der Waals surface area (Å²) in [5.74, 6) is -0.491. The van der Waals surface area contributed by atoms with E-state index in [0.717, 1.165) is 0 Å². The van der Waals surface area contributed by atoms with E-state index in [1.54, 1.807) is 72.9 Å². The molecule has 2 heterocycles. The summed E-state index contributed by atoms with van der Waals surface area (Å²) in [6.07, 6.45) is 13.3. The van der Waals surface area contributed by atoms with Gasteiger partial charge in [-0.1, -0.05) is 58.9 Å². The zero-order valence-electron chi connectivity index (χ0n) is 24.5. The minimum Gasteiger partial charge on any atom is -0.486 e. The Kier molecular flexibility index (Phi) is 7.94. The van der Waals surface area contributed by atoms with E-state index in [4.69, 9.17) is 23.9 Å². The van der Waals surface area contributed by atoms with E-state index in [-0.39, 0.29) is 36.3 Å². The maximum atomic E-state index is 12.8. The molecule has 13 nitrogen and oxygen atoms in total. The maximum Gasteiger partial charge on any atom is 0.274 e. The molecule has 2 aliphatic carbocycles. The Morgan fingerprint density at radius 1 is 0.756 bits per heavy atom. The SMILES string of the molecule is CO/N=C1\COc2cc(C3([N+](=O)[O-])C=CC=CC3COCC3C=CC=CC3(c3ccc4c(c3)OC/C4=N\OC)[N+](=O)[O-])ccc21. The summed E-state index contributed by atoms with van der Waals surface area (Å²) in [4.78, 5) is 34.7. The number of rotatable bonds is 10. The van der Waals surface area contributed by atoms with Crippen molar-refractivity contribution >= 4 is 11.4 Å². The van der Waals surface area contributed by atoms with Gasteiger partial charge in [0.25, 0.3) is 11.1 Å². The third-order valence-corrected chi connectivity index (χ3v) is 8.58. The molecule has 0 amide bonds. The van der Waals surface area contributed by atoms with Gasteiger partial charge in [-0.3, -0.25) is 20.2 Å². The molecule has 0 aromatic heterocycles. The lowest BCUT2D eigenvalue weighted by molar-refractivity contribution is -0.575. The Morgan fingerprint density at radius 3 is 1.60 bits per heavy atom. The van der Waals surface area contributed by atoms with Crippen molar-refractivity contribution < 1.29 is 33.7 Å². The number of fused-ring (bicyclic) bond motifs is 2. The average Bonchev–Trinajstić information content (AvgIpc) is 3.64. The highest BCUT2D eigenvalue weighted by molar-refractivity contribution is 6.06. The molecule has 0 saturated carbocycles. The van der Waals surface area contributed by atoms with Gasteiger partial charge in [0.15, 0.2) is 0 Å². The van der Waals surface area contributed by atoms with Crippen LogP contribution in [0.3, 0.4) is 0 Å². The molecule has 0 N–H and O–H groups in total. The lowest BCUT2D eigenvalue weighted by atomic mass is 9.75. The van der Waals surface area contributed by atoms with E-state index in [1.807, 2.05) is 0 Å². The van der Waals surface area contributed by atoms with Crippen molar-refractivity contribution in [3.05, 3.63) is 127 Å². The lowest BCUT2D eigenvalue weighted by Gasteiger charge is -2.33. The average molecular weight is 615 g/mol. The summed E-state index contributed by atoms with van der Waals surface area (Å²) < 4.78 is 17.6. The van der Waals surface area contributed by atoms with E-state index >= 15 is 0 Å². The number of allylic oxidation sites excluding steroid dienone is 4. The van der Waals surface area contributed by atoms with Crippen molar-refractivity contribution in [2.75, 3.05) is 40.6 Å². The third-order valence-electron chi connectivity index (χ3n) is 8.58. The van der Waals surface area contributed by atoms with Gasteiger partial charge < -0.3 is 23.9 Å². The smallest absolute Gasteiger partial charge is 0.274 e. The van der Waals surface area contributed by atoms with Crippen LogP contribution < -0.4 is 9.47 Å². The van der Waals surface area contributed by atoms with Gasteiger partial charge in [0.2, 0.25) is 0 Å². The molecule has 232 valence electrons. The van der Waals surface area contributed by atoms with Crippen molar-refractivity contribution in [1.29, 1.82) is 0 Å². The fourth-order valence-corrected chi connectivity index (χ4v) is 6.33. The first-order chi connectivity index (χ1) is 21.8. The first-order valence-electron chi connectivity index (χ1n) is 14.2. The van der Waals surface area contributed by atoms with Crippen LogP contribution in [-0.2, 0) is 25.5 Å². The van der Waals surface area contributed by atoms with Crippen LogP contribution in [0.15, 0.2) is 95.3 Å². The third kappa shape index (κ3) is 4.94. The van der Waals surface area contributed by atoms with Crippen LogP contribution in [0.5, 0.6) is 11.5 Å². The van der Waals surface area contributed by atoms with Crippen molar-refractivity contribution in [2.24, 2.45) is 22.1 Å². The Hall–Kier alpha value is -5.30. The van der Waals surface area contributed by atoms with Gasteiger partial charge >= 0.3 is 0 Å².